The van der Waals surface area contributed by atoms with Crippen molar-refractivity contribution in [2.24, 2.45) is 5.73 Å². The molecule has 8 heteroatoms. The Bertz CT molecular complexity index is 1260. The minimum absolute atomic E-state index is 0.000945. The Morgan fingerprint density at radius 3 is 2.57 bits per heavy atom. The largest absolute Gasteiger partial charge is 0.390 e. The van der Waals surface area contributed by atoms with E-state index in [4.69, 9.17) is 5.73 Å². The maximum absolute atomic E-state index is 13.0. The van der Waals surface area contributed by atoms with E-state index in [2.05, 4.69) is 10.6 Å². The predicted octanol–water partition coefficient (Wildman–Crippen LogP) is 2.06. The molecule has 2 atom stereocenters. The summed E-state index contributed by atoms with van der Waals surface area (Å²) in [5.41, 5.74) is 8.30. The monoisotopic (exact) mass is 502 g/mol. The van der Waals surface area contributed by atoms with Crippen LogP contribution in [0.1, 0.15) is 30.4 Å². The minimum atomic E-state index is -0.866. The van der Waals surface area contributed by atoms with E-state index in [9.17, 15) is 19.5 Å². The highest BCUT2D eigenvalue weighted by Gasteiger charge is 2.25. The summed E-state index contributed by atoms with van der Waals surface area (Å²) in [4.78, 5) is 40.4. The van der Waals surface area contributed by atoms with Gasteiger partial charge in [0.2, 0.25) is 17.7 Å². The van der Waals surface area contributed by atoms with Crippen molar-refractivity contribution in [2.75, 3.05) is 24.5 Å². The minimum Gasteiger partial charge on any atom is -0.390 e. The molecule has 1 heterocycles. The second-order valence-electron chi connectivity index (χ2n) is 9.42. The molecule has 1 unspecified atom stereocenters. The lowest BCUT2D eigenvalue weighted by Crippen LogP contribution is -2.50. The third-order valence-corrected chi connectivity index (χ3v) is 6.67. The third kappa shape index (κ3) is 6.93. The van der Waals surface area contributed by atoms with E-state index in [1.807, 2.05) is 66.7 Å². The molecule has 3 amide bonds. The Morgan fingerprint density at radius 2 is 1.76 bits per heavy atom. The fourth-order valence-corrected chi connectivity index (χ4v) is 4.65. The van der Waals surface area contributed by atoms with Crippen molar-refractivity contribution in [1.82, 2.24) is 10.6 Å². The summed E-state index contributed by atoms with van der Waals surface area (Å²) in [6.07, 6.45) is 1.52. The summed E-state index contributed by atoms with van der Waals surface area (Å²) >= 11 is 0. The number of rotatable bonds is 10. The zero-order chi connectivity index (χ0) is 26.2. The van der Waals surface area contributed by atoms with E-state index in [0.717, 1.165) is 40.4 Å². The van der Waals surface area contributed by atoms with Gasteiger partial charge in [-0.1, -0.05) is 60.7 Å². The van der Waals surface area contributed by atoms with Gasteiger partial charge in [-0.15, -0.1) is 0 Å². The quantitative estimate of drug-likeness (QED) is 0.338. The van der Waals surface area contributed by atoms with Crippen LogP contribution in [-0.2, 0) is 27.2 Å². The topological polar surface area (TPSA) is 125 Å². The number of para-hydroxylation sites is 1. The van der Waals surface area contributed by atoms with Gasteiger partial charge in [-0.25, -0.2) is 0 Å². The van der Waals surface area contributed by atoms with Crippen LogP contribution >= 0.6 is 0 Å². The van der Waals surface area contributed by atoms with Gasteiger partial charge in [0.1, 0.15) is 6.04 Å². The zero-order valence-corrected chi connectivity index (χ0v) is 20.9. The average Bonchev–Trinajstić information content (AvgIpc) is 3.07. The van der Waals surface area contributed by atoms with Gasteiger partial charge >= 0.3 is 0 Å². The van der Waals surface area contributed by atoms with Crippen molar-refractivity contribution >= 4 is 34.2 Å². The van der Waals surface area contributed by atoms with Gasteiger partial charge in [0.05, 0.1) is 6.10 Å². The second kappa shape index (κ2) is 12.5. The molecule has 5 N–H and O–H groups in total. The summed E-state index contributed by atoms with van der Waals surface area (Å²) < 4.78 is 0. The van der Waals surface area contributed by atoms with Gasteiger partial charge in [-0.05, 0) is 40.8 Å². The number of aliphatic hydroxyl groups excluding tert-OH is 1. The fraction of sp³-hybridized carbons (Fsp3) is 0.345. The molecule has 3 aromatic carbocycles. The van der Waals surface area contributed by atoms with Crippen LogP contribution in [0.4, 0.5) is 5.69 Å². The maximum Gasteiger partial charge on any atom is 0.243 e. The standard InChI is InChI=1S/C29H34N4O4/c30-18-24(34)19-31-29(37)25(17-20-12-13-21-6-1-2-8-23(21)16-20)32-27(35)14-15-33-26-10-4-3-7-22(26)9-5-11-28(33)36/h1-4,6-8,10,12-13,16,24-25,34H,5,9,11,14-15,17-19,30H2,(H,31,37)(H,32,35)/t24?,25-/m1/s1. The normalized spacial score (nSPS) is 15.0. The van der Waals surface area contributed by atoms with Crippen molar-refractivity contribution in [2.45, 2.75) is 44.2 Å². The van der Waals surface area contributed by atoms with Gasteiger partial charge in [0.15, 0.2) is 0 Å². The highest BCUT2D eigenvalue weighted by molar-refractivity contribution is 5.96. The number of carbonyl (C=O) groups is 3. The molecule has 1 aliphatic rings. The van der Waals surface area contributed by atoms with Crippen molar-refractivity contribution in [3.63, 3.8) is 0 Å². The number of hydrogen-bond donors (Lipinski definition) is 4. The number of aryl methyl sites for hydroxylation is 1. The molecule has 0 bridgehead atoms. The summed E-state index contributed by atoms with van der Waals surface area (Å²) in [5.74, 6) is -0.723. The number of nitrogens with zero attached hydrogens (tertiary/aromatic N) is 1. The number of carbonyl (C=O) groups excluding carboxylic acids is 3. The van der Waals surface area contributed by atoms with Crippen molar-refractivity contribution in [1.29, 1.82) is 0 Å². The van der Waals surface area contributed by atoms with Crippen LogP contribution in [0.3, 0.4) is 0 Å². The third-order valence-electron chi connectivity index (χ3n) is 6.67. The first kappa shape index (κ1) is 26.3. The summed E-state index contributed by atoms with van der Waals surface area (Å²) in [5, 5.41) is 17.4. The fourth-order valence-electron chi connectivity index (χ4n) is 4.65. The Hall–Kier alpha value is -3.75. The summed E-state index contributed by atoms with van der Waals surface area (Å²) in [7, 11) is 0. The van der Waals surface area contributed by atoms with Crippen LogP contribution in [-0.4, -0.2) is 54.6 Å². The number of benzene rings is 3. The van der Waals surface area contributed by atoms with Gasteiger partial charge in [-0.3, -0.25) is 14.4 Å². The molecule has 3 aromatic rings. The van der Waals surface area contributed by atoms with E-state index < -0.39 is 18.1 Å². The van der Waals surface area contributed by atoms with Crippen LogP contribution < -0.4 is 21.3 Å². The molecule has 0 aromatic heterocycles. The average molecular weight is 503 g/mol. The van der Waals surface area contributed by atoms with Gasteiger partial charge < -0.3 is 26.4 Å². The molecule has 0 aliphatic carbocycles. The Balaban J connectivity index is 1.45. The Labute approximate surface area is 216 Å². The molecule has 4 rings (SSSR count). The first-order valence-electron chi connectivity index (χ1n) is 12.8. The molecule has 0 saturated heterocycles. The van der Waals surface area contributed by atoms with Crippen molar-refractivity contribution in [3.05, 3.63) is 77.9 Å². The number of nitrogens with one attached hydrogen (secondary N) is 2. The van der Waals surface area contributed by atoms with Crippen LogP contribution in [0.15, 0.2) is 66.7 Å². The number of fused-ring (bicyclic) bond motifs is 2. The highest BCUT2D eigenvalue weighted by atomic mass is 16.3. The van der Waals surface area contributed by atoms with E-state index in [1.54, 1.807) is 4.90 Å². The maximum atomic E-state index is 13.0. The van der Waals surface area contributed by atoms with E-state index in [-0.39, 0.29) is 44.3 Å². The van der Waals surface area contributed by atoms with Crippen LogP contribution in [0.25, 0.3) is 10.8 Å². The molecular formula is C29H34N4O4. The predicted molar refractivity (Wildman–Crippen MR) is 144 cm³/mol. The lowest BCUT2D eigenvalue weighted by molar-refractivity contribution is -0.129. The van der Waals surface area contributed by atoms with Crippen molar-refractivity contribution < 1.29 is 19.5 Å². The first-order valence-corrected chi connectivity index (χ1v) is 12.8. The smallest absolute Gasteiger partial charge is 0.243 e. The molecule has 194 valence electrons. The van der Waals surface area contributed by atoms with E-state index in [0.29, 0.717) is 6.42 Å². The Morgan fingerprint density at radius 1 is 1.00 bits per heavy atom. The molecule has 8 nitrogen and oxygen atoms in total. The van der Waals surface area contributed by atoms with Gasteiger partial charge in [0.25, 0.3) is 0 Å². The van der Waals surface area contributed by atoms with Crippen LogP contribution in [0.2, 0.25) is 0 Å². The first-order chi connectivity index (χ1) is 17.9. The number of amides is 3. The van der Waals surface area contributed by atoms with E-state index in [1.165, 1.54) is 0 Å². The SMILES string of the molecule is NCC(O)CNC(=O)[C@@H](Cc1ccc2ccccc2c1)NC(=O)CCN1C(=O)CCCc2ccccc21. The van der Waals surface area contributed by atoms with Crippen LogP contribution in [0.5, 0.6) is 0 Å². The molecular weight excluding hydrogens is 468 g/mol. The van der Waals surface area contributed by atoms with Gasteiger partial charge in [-0.2, -0.15) is 0 Å². The molecule has 1 aliphatic heterocycles. The number of nitrogens with two attached hydrogens (primary N) is 1. The van der Waals surface area contributed by atoms with Crippen molar-refractivity contribution in [3.8, 4) is 0 Å². The van der Waals surface area contributed by atoms with Gasteiger partial charge in [0, 0.05) is 44.6 Å². The van der Waals surface area contributed by atoms with Crippen LogP contribution in [0, 0.1) is 0 Å². The lowest BCUT2D eigenvalue weighted by Gasteiger charge is -2.24. The molecule has 0 spiro atoms. The lowest BCUT2D eigenvalue weighted by atomic mass is 10.0. The Kier molecular flexibility index (Phi) is 8.87. The number of hydrogen-bond acceptors (Lipinski definition) is 5. The van der Waals surface area contributed by atoms with E-state index >= 15 is 0 Å². The molecule has 0 fully saturated rings. The summed E-state index contributed by atoms with van der Waals surface area (Å²) in [6, 6.07) is 20.8. The summed E-state index contributed by atoms with van der Waals surface area (Å²) in [6.45, 7) is 0.254. The highest BCUT2D eigenvalue weighted by Crippen LogP contribution is 2.27. The molecule has 0 radical (unpaired) electrons. The molecule has 37 heavy (non-hydrogen) atoms. The number of anilines is 1. The zero-order valence-electron chi connectivity index (χ0n) is 20.9. The second-order valence-corrected chi connectivity index (χ2v) is 9.42. The number of aliphatic hydroxyl groups is 1. The molecule has 0 saturated carbocycles.